The molecule has 2 aromatic heterocycles. The third-order valence-electron chi connectivity index (χ3n) is 3.42. The maximum atomic E-state index is 12.6. The van der Waals surface area contributed by atoms with Crippen LogP contribution in [-0.4, -0.2) is 10.8 Å². The van der Waals surface area contributed by atoms with Gasteiger partial charge in [-0.25, -0.2) is 0 Å². The van der Waals surface area contributed by atoms with Crippen molar-refractivity contribution >= 4 is 38.9 Å². The minimum absolute atomic E-state index is 0.0727. The molecular weight excluding hydrogens is 306 g/mol. The van der Waals surface area contributed by atoms with Gasteiger partial charge in [0.15, 0.2) is 0 Å². The van der Waals surface area contributed by atoms with E-state index in [-0.39, 0.29) is 11.3 Å². The lowest BCUT2D eigenvalue weighted by Crippen LogP contribution is -2.03. The molecule has 0 aliphatic carbocycles. The Balaban J connectivity index is 2.21. The van der Waals surface area contributed by atoms with Crippen LogP contribution in [0.15, 0.2) is 35.1 Å². The van der Waals surface area contributed by atoms with Crippen molar-refractivity contribution in [2.75, 3.05) is 0 Å². The van der Waals surface area contributed by atoms with Crippen molar-refractivity contribution in [1.82, 2.24) is 4.98 Å². The van der Waals surface area contributed by atoms with Crippen LogP contribution in [-0.2, 0) is 0 Å². The largest absolute Gasteiger partial charge is 0.314 e. The highest BCUT2D eigenvalue weighted by molar-refractivity contribution is 7.20. The molecule has 3 rings (SSSR count). The Labute approximate surface area is 130 Å². The van der Waals surface area contributed by atoms with Crippen LogP contribution in [0.2, 0.25) is 5.02 Å². The highest BCUT2D eigenvalue weighted by Crippen LogP contribution is 2.32. The third-order valence-corrected chi connectivity index (χ3v) is 4.86. The number of nitrogens with one attached hydrogen (secondary N) is 1. The molecular formula is C16H12ClNO2S. The van der Waals surface area contributed by atoms with E-state index >= 15 is 0 Å². The number of ketones is 1. The quantitative estimate of drug-likeness (QED) is 0.724. The molecule has 0 saturated heterocycles. The number of aromatic amines is 1. The Morgan fingerprint density at radius 2 is 2.00 bits per heavy atom. The van der Waals surface area contributed by atoms with Crippen molar-refractivity contribution in [2.24, 2.45) is 0 Å². The van der Waals surface area contributed by atoms with E-state index in [9.17, 15) is 9.59 Å². The van der Waals surface area contributed by atoms with Crippen LogP contribution >= 0.6 is 22.9 Å². The second-order valence-corrected chi connectivity index (χ2v) is 6.37. The van der Waals surface area contributed by atoms with Crippen molar-refractivity contribution in [3.05, 3.63) is 67.3 Å². The SMILES string of the molecule is Cc1cc(=O)[nH]c2sc(C(=O)c3cccc(Cl)c3)c(C)c12. The van der Waals surface area contributed by atoms with Gasteiger partial charge < -0.3 is 4.98 Å². The van der Waals surface area contributed by atoms with Crippen LogP contribution in [0.25, 0.3) is 10.2 Å². The van der Waals surface area contributed by atoms with E-state index in [2.05, 4.69) is 4.98 Å². The number of thiophene rings is 1. The fourth-order valence-electron chi connectivity index (χ4n) is 2.47. The van der Waals surface area contributed by atoms with E-state index in [4.69, 9.17) is 11.6 Å². The van der Waals surface area contributed by atoms with Gasteiger partial charge in [0, 0.05) is 22.0 Å². The first-order chi connectivity index (χ1) is 9.97. The summed E-state index contributed by atoms with van der Waals surface area (Å²) in [5, 5.41) is 1.48. The predicted molar refractivity (Wildman–Crippen MR) is 86.8 cm³/mol. The molecule has 0 unspecified atom stereocenters. The first-order valence-corrected chi connectivity index (χ1v) is 7.60. The molecule has 3 aromatic rings. The number of hydrogen-bond acceptors (Lipinski definition) is 3. The molecule has 0 amide bonds. The molecule has 0 fully saturated rings. The molecule has 0 saturated carbocycles. The number of rotatable bonds is 2. The summed E-state index contributed by atoms with van der Waals surface area (Å²) in [5.41, 5.74) is 2.18. The van der Waals surface area contributed by atoms with Gasteiger partial charge in [0.05, 0.1) is 4.88 Å². The van der Waals surface area contributed by atoms with Crippen LogP contribution in [0.5, 0.6) is 0 Å². The molecule has 3 nitrogen and oxygen atoms in total. The van der Waals surface area contributed by atoms with Gasteiger partial charge in [-0.15, -0.1) is 11.3 Å². The topological polar surface area (TPSA) is 49.9 Å². The zero-order chi connectivity index (χ0) is 15.1. The number of aromatic nitrogens is 1. The van der Waals surface area contributed by atoms with Gasteiger partial charge in [-0.1, -0.05) is 23.7 Å². The average Bonchev–Trinajstić information content (AvgIpc) is 2.75. The van der Waals surface area contributed by atoms with Crippen LogP contribution in [0.4, 0.5) is 0 Å². The fourth-order valence-corrected chi connectivity index (χ4v) is 3.90. The van der Waals surface area contributed by atoms with E-state index < -0.39 is 0 Å². The molecule has 0 bridgehead atoms. The van der Waals surface area contributed by atoms with E-state index in [0.29, 0.717) is 15.5 Å². The number of pyridine rings is 1. The Morgan fingerprint density at radius 3 is 2.71 bits per heavy atom. The second-order valence-electron chi connectivity index (χ2n) is 4.92. The third kappa shape index (κ3) is 2.41. The van der Waals surface area contributed by atoms with Crippen molar-refractivity contribution in [3.63, 3.8) is 0 Å². The molecule has 106 valence electrons. The fraction of sp³-hybridized carbons (Fsp3) is 0.125. The summed E-state index contributed by atoms with van der Waals surface area (Å²) >= 11 is 7.26. The lowest BCUT2D eigenvalue weighted by molar-refractivity contribution is 0.104. The monoisotopic (exact) mass is 317 g/mol. The number of aryl methyl sites for hydroxylation is 2. The molecule has 1 aromatic carbocycles. The average molecular weight is 318 g/mol. The zero-order valence-corrected chi connectivity index (χ0v) is 13.1. The van der Waals surface area contributed by atoms with E-state index in [0.717, 1.165) is 21.3 Å². The van der Waals surface area contributed by atoms with Gasteiger partial charge in [0.2, 0.25) is 11.3 Å². The number of benzene rings is 1. The summed E-state index contributed by atoms with van der Waals surface area (Å²) in [5.74, 6) is -0.0727. The Bertz CT molecular complexity index is 924. The van der Waals surface area contributed by atoms with E-state index in [1.54, 1.807) is 30.3 Å². The molecule has 0 atom stereocenters. The van der Waals surface area contributed by atoms with Crippen molar-refractivity contribution in [2.45, 2.75) is 13.8 Å². The van der Waals surface area contributed by atoms with Crippen LogP contribution in [0.1, 0.15) is 26.4 Å². The summed E-state index contributed by atoms with van der Waals surface area (Å²) in [7, 11) is 0. The zero-order valence-electron chi connectivity index (χ0n) is 11.5. The van der Waals surface area contributed by atoms with Crippen LogP contribution in [0, 0.1) is 13.8 Å². The Hall–Kier alpha value is -1.91. The summed E-state index contributed by atoms with van der Waals surface area (Å²) in [6.07, 6.45) is 0. The highest BCUT2D eigenvalue weighted by atomic mass is 35.5. The van der Waals surface area contributed by atoms with E-state index in [1.807, 2.05) is 13.8 Å². The Morgan fingerprint density at radius 1 is 1.24 bits per heavy atom. The summed E-state index contributed by atoms with van der Waals surface area (Å²) < 4.78 is 0. The molecule has 0 aliphatic rings. The van der Waals surface area contributed by atoms with Gasteiger partial charge in [0.25, 0.3) is 0 Å². The summed E-state index contributed by atoms with van der Waals surface area (Å²) in [6.45, 7) is 3.78. The number of hydrogen-bond donors (Lipinski definition) is 1. The maximum absolute atomic E-state index is 12.6. The number of carbonyl (C=O) groups is 1. The first-order valence-electron chi connectivity index (χ1n) is 6.40. The number of fused-ring (bicyclic) bond motifs is 1. The predicted octanol–water partition coefficient (Wildman–Crippen LogP) is 4.09. The smallest absolute Gasteiger partial charge is 0.249 e. The maximum Gasteiger partial charge on any atom is 0.249 e. The number of carbonyl (C=O) groups excluding carboxylic acids is 1. The Kier molecular flexibility index (Phi) is 3.43. The van der Waals surface area contributed by atoms with E-state index in [1.165, 1.54) is 11.3 Å². The van der Waals surface area contributed by atoms with Gasteiger partial charge in [-0.3, -0.25) is 9.59 Å². The van der Waals surface area contributed by atoms with Gasteiger partial charge >= 0.3 is 0 Å². The first kappa shape index (κ1) is 14.0. The van der Waals surface area contributed by atoms with Crippen LogP contribution in [0.3, 0.4) is 0 Å². The molecule has 21 heavy (non-hydrogen) atoms. The van der Waals surface area contributed by atoms with Gasteiger partial charge in [0.1, 0.15) is 4.83 Å². The van der Waals surface area contributed by atoms with Crippen LogP contribution < -0.4 is 5.56 Å². The number of H-pyrrole nitrogens is 1. The molecule has 2 heterocycles. The highest BCUT2D eigenvalue weighted by Gasteiger charge is 2.19. The summed E-state index contributed by atoms with van der Waals surface area (Å²) in [6, 6.07) is 8.44. The standard InChI is InChI=1S/C16H12ClNO2S/c1-8-6-12(19)18-16-13(8)9(2)15(21-16)14(20)10-4-3-5-11(17)7-10/h3-7H,1-2H3,(H,18,19). The summed E-state index contributed by atoms with van der Waals surface area (Å²) in [4.78, 5) is 28.4. The molecule has 0 spiro atoms. The number of halogens is 1. The van der Waals surface area contributed by atoms with Crippen molar-refractivity contribution in [3.8, 4) is 0 Å². The lowest BCUT2D eigenvalue weighted by atomic mass is 10.0. The molecule has 1 N–H and O–H groups in total. The van der Waals surface area contributed by atoms with Crippen molar-refractivity contribution in [1.29, 1.82) is 0 Å². The molecule has 0 aliphatic heterocycles. The van der Waals surface area contributed by atoms with Crippen molar-refractivity contribution < 1.29 is 4.79 Å². The minimum atomic E-state index is -0.150. The van der Waals surface area contributed by atoms with Gasteiger partial charge in [-0.2, -0.15) is 0 Å². The molecule has 0 radical (unpaired) electrons. The minimum Gasteiger partial charge on any atom is -0.314 e. The normalized spacial score (nSPS) is 11.0. The molecule has 5 heteroatoms. The second kappa shape index (κ2) is 5.13. The van der Waals surface area contributed by atoms with Gasteiger partial charge in [-0.05, 0) is 37.1 Å². The lowest BCUT2D eigenvalue weighted by Gasteiger charge is -2.01.